The van der Waals surface area contributed by atoms with Crippen molar-refractivity contribution in [1.82, 2.24) is 0 Å². The van der Waals surface area contributed by atoms with E-state index in [-0.39, 0.29) is 44.1 Å². The zero-order chi connectivity index (χ0) is 28.8. The molecule has 0 bridgehead atoms. The fourth-order valence-corrected chi connectivity index (χ4v) is 3.29. The van der Waals surface area contributed by atoms with E-state index < -0.39 is 0 Å². The number of hydrogen-bond acceptors (Lipinski definition) is 10. The molecule has 0 heterocycles. The first-order valence-electron chi connectivity index (χ1n) is 12.0. The van der Waals surface area contributed by atoms with Crippen LogP contribution in [0.4, 0.5) is 0 Å². The number of aromatic hydroxyl groups is 1. The van der Waals surface area contributed by atoms with Crippen LogP contribution < -0.4 is 4.74 Å². The molecule has 0 amide bonds. The Labute approximate surface area is 231 Å². The molecule has 0 fully saturated rings. The molecular formula is C27H39BrO10. The molecule has 0 saturated carbocycles. The second-order valence-corrected chi connectivity index (χ2v) is 8.67. The predicted octanol–water partition coefficient (Wildman–Crippen LogP) is 3.10. The lowest BCUT2D eigenvalue weighted by molar-refractivity contribution is -0.141. The highest BCUT2D eigenvalue weighted by Crippen LogP contribution is 2.18. The zero-order valence-electron chi connectivity index (χ0n) is 21.9. The van der Waals surface area contributed by atoms with E-state index in [2.05, 4.69) is 25.4 Å². The van der Waals surface area contributed by atoms with Crippen LogP contribution in [0.15, 0.2) is 36.4 Å². The topological polar surface area (TPSA) is 163 Å². The van der Waals surface area contributed by atoms with Gasteiger partial charge in [-0.1, -0.05) is 28.1 Å². The summed E-state index contributed by atoms with van der Waals surface area (Å²) >= 11 is 3.27. The van der Waals surface area contributed by atoms with Gasteiger partial charge in [0.1, 0.15) is 11.5 Å². The van der Waals surface area contributed by atoms with E-state index in [0.717, 1.165) is 18.2 Å². The van der Waals surface area contributed by atoms with Gasteiger partial charge in [0.25, 0.3) is 0 Å². The lowest BCUT2D eigenvalue weighted by atomic mass is 10.1. The fraction of sp³-hybridized carbons (Fsp3) is 0.481. The monoisotopic (exact) mass is 602 g/mol. The van der Waals surface area contributed by atoms with Crippen LogP contribution in [0.25, 0.3) is 0 Å². The van der Waals surface area contributed by atoms with Crippen LogP contribution in [0.1, 0.15) is 54.4 Å². The van der Waals surface area contributed by atoms with Crippen LogP contribution in [0.5, 0.6) is 11.5 Å². The lowest BCUT2D eigenvalue weighted by Gasteiger charge is -2.09. The van der Waals surface area contributed by atoms with Crippen molar-refractivity contribution in [3.8, 4) is 11.5 Å². The third-order valence-corrected chi connectivity index (χ3v) is 5.37. The van der Waals surface area contributed by atoms with Gasteiger partial charge in [-0.05, 0) is 65.8 Å². The number of aliphatic hydroxyl groups is 4. The van der Waals surface area contributed by atoms with E-state index >= 15 is 0 Å². The quantitative estimate of drug-likeness (QED) is 0.131. The smallest absolute Gasteiger partial charge is 0.305 e. The van der Waals surface area contributed by atoms with Crippen LogP contribution in [0.2, 0.25) is 0 Å². The summed E-state index contributed by atoms with van der Waals surface area (Å²) in [5, 5.41) is 45.5. The first-order chi connectivity index (χ1) is 18.3. The Hall–Kier alpha value is -2.70. The summed E-state index contributed by atoms with van der Waals surface area (Å²) in [4.78, 5) is 21.3. The van der Waals surface area contributed by atoms with Crippen molar-refractivity contribution in [2.24, 2.45) is 0 Å². The van der Waals surface area contributed by atoms with Crippen molar-refractivity contribution in [2.45, 2.75) is 58.5 Å². The number of halogens is 1. The van der Waals surface area contributed by atoms with Crippen molar-refractivity contribution in [3.05, 3.63) is 58.7 Å². The minimum Gasteiger partial charge on any atom is -0.508 e. The van der Waals surface area contributed by atoms with Gasteiger partial charge >= 0.3 is 11.9 Å². The van der Waals surface area contributed by atoms with E-state index in [4.69, 9.17) is 30.3 Å². The molecule has 11 heteroatoms. The average molecular weight is 604 g/mol. The number of esters is 2. The average Bonchev–Trinajstić information content (AvgIpc) is 2.95. The number of carbonyl (C=O) groups is 2. The number of phenolic OH excluding ortho intramolecular Hbond substituents is 1. The summed E-state index contributed by atoms with van der Waals surface area (Å²) in [6.45, 7) is -0.0730. The largest absolute Gasteiger partial charge is 0.508 e. The Kier molecular flexibility index (Phi) is 20.7. The molecule has 2 rings (SSSR count). The van der Waals surface area contributed by atoms with Crippen molar-refractivity contribution in [1.29, 1.82) is 0 Å². The molecule has 38 heavy (non-hydrogen) atoms. The third-order valence-electron chi connectivity index (χ3n) is 4.81. The number of alkyl halides is 1. The maximum atomic E-state index is 10.9. The minimum absolute atomic E-state index is 0.0700. The molecule has 0 atom stereocenters. The van der Waals surface area contributed by atoms with Gasteiger partial charge in [0.05, 0.1) is 47.3 Å². The van der Waals surface area contributed by atoms with Crippen LogP contribution >= 0.6 is 15.9 Å². The van der Waals surface area contributed by atoms with Crippen LogP contribution in [-0.4, -0.2) is 63.6 Å². The molecular weight excluding hydrogens is 564 g/mol. The summed E-state index contributed by atoms with van der Waals surface area (Å²) < 4.78 is 14.4. The van der Waals surface area contributed by atoms with Crippen LogP contribution in [0, 0.1) is 0 Å². The van der Waals surface area contributed by atoms with E-state index in [1.54, 1.807) is 24.3 Å². The van der Waals surface area contributed by atoms with Gasteiger partial charge in [0.2, 0.25) is 0 Å². The molecule has 2 aromatic rings. The molecule has 0 spiro atoms. The summed E-state index contributed by atoms with van der Waals surface area (Å²) in [6, 6.07) is 9.67. The summed E-state index contributed by atoms with van der Waals surface area (Å²) in [5.41, 5.74) is 2.58. The van der Waals surface area contributed by atoms with Crippen molar-refractivity contribution in [3.63, 3.8) is 0 Å². The molecule has 0 unspecified atom stereocenters. The van der Waals surface area contributed by atoms with Crippen LogP contribution in [-0.2, 0) is 45.5 Å². The number of hydrogen-bond donors (Lipinski definition) is 5. The van der Waals surface area contributed by atoms with Gasteiger partial charge in [-0.15, -0.1) is 0 Å². The second-order valence-electron chi connectivity index (χ2n) is 7.88. The Bertz CT molecular complexity index is 892. The Morgan fingerprint density at radius 1 is 0.684 bits per heavy atom. The van der Waals surface area contributed by atoms with Gasteiger partial charge in [0, 0.05) is 18.2 Å². The summed E-state index contributed by atoms with van der Waals surface area (Å²) in [6.07, 6.45) is 3.36. The van der Waals surface area contributed by atoms with Gasteiger partial charge in [-0.2, -0.15) is 0 Å². The van der Waals surface area contributed by atoms with Crippen molar-refractivity contribution < 1.29 is 49.3 Å². The van der Waals surface area contributed by atoms with Crippen LogP contribution in [0.3, 0.4) is 0 Å². The lowest BCUT2D eigenvalue weighted by Crippen LogP contribution is -2.05. The number of aliphatic hydroxyl groups excluding tert-OH is 4. The molecule has 0 aliphatic heterocycles. The number of phenols is 1. The molecule has 5 N–H and O–H groups in total. The number of carbonyl (C=O) groups excluding carboxylic acids is 2. The molecule has 0 radical (unpaired) electrons. The van der Waals surface area contributed by atoms with Crippen molar-refractivity contribution in [2.75, 3.05) is 26.2 Å². The highest BCUT2D eigenvalue weighted by molar-refractivity contribution is 9.09. The maximum absolute atomic E-state index is 10.9. The standard InChI is InChI=1S/C13H18O5.C8H10O3.C6H11BrO2/c1-17-13(16)3-2-4-18-12-6-10(8-14)5-11(7-12)9-15;9-4-6-1-7(5-10)3-8(11)2-6;1-9-6(8)4-2-3-5-7/h5-7,14-15H,2-4,8-9H2,1H3;1-3,9-11H,4-5H2;2-5H2,1H3. The van der Waals surface area contributed by atoms with Crippen molar-refractivity contribution >= 4 is 27.9 Å². The number of ether oxygens (including phenoxy) is 3. The first kappa shape index (κ1) is 35.3. The van der Waals surface area contributed by atoms with E-state index in [1.165, 1.54) is 26.4 Å². The number of methoxy groups -OCH3 is 2. The molecule has 2 aromatic carbocycles. The predicted molar refractivity (Wildman–Crippen MR) is 145 cm³/mol. The fourth-order valence-electron chi connectivity index (χ4n) is 2.89. The van der Waals surface area contributed by atoms with E-state index in [0.29, 0.717) is 53.9 Å². The minimum atomic E-state index is -0.265. The van der Waals surface area contributed by atoms with Gasteiger partial charge in [-0.25, -0.2) is 0 Å². The van der Waals surface area contributed by atoms with E-state index in [1.807, 2.05) is 0 Å². The first-order valence-corrected chi connectivity index (χ1v) is 13.1. The maximum Gasteiger partial charge on any atom is 0.305 e. The molecule has 214 valence electrons. The molecule has 0 aliphatic carbocycles. The van der Waals surface area contributed by atoms with Gasteiger partial charge in [0.15, 0.2) is 0 Å². The Morgan fingerprint density at radius 2 is 1.11 bits per heavy atom. The van der Waals surface area contributed by atoms with E-state index in [9.17, 15) is 9.59 Å². The summed E-state index contributed by atoms with van der Waals surface area (Å²) in [7, 11) is 2.76. The molecule has 0 saturated heterocycles. The highest BCUT2D eigenvalue weighted by atomic mass is 79.9. The Morgan fingerprint density at radius 3 is 1.50 bits per heavy atom. The molecule has 10 nitrogen and oxygen atoms in total. The number of benzene rings is 2. The molecule has 0 aliphatic rings. The number of unbranched alkanes of at least 4 members (excludes halogenated alkanes) is 1. The zero-order valence-corrected chi connectivity index (χ0v) is 23.5. The SMILES string of the molecule is COC(=O)CCCCBr.COC(=O)CCCOc1cc(CO)cc(CO)c1.OCc1cc(O)cc(CO)c1. The number of rotatable bonds is 13. The Balaban J connectivity index is 0.000000586. The van der Waals surface area contributed by atoms with Gasteiger partial charge < -0.3 is 39.7 Å². The third kappa shape index (κ3) is 16.9. The highest BCUT2D eigenvalue weighted by Gasteiger charge is 2.03. The second kappa shape index (κ2) is 22.3. The van der Waals surface area contributed by atoms with Gasteiger partial charge in [-0.3, -0.25) is 9.59 Å². The molecule has 0 aromatic heterocycles. The normalized spacial score (nSPS) is 9.87. The summed E-state index contributed by atoms with van der Waals surface area (Å²) in [5.74, 6) is 0.269.